The average Bonchev–Trinajstić information content (AvgIpc) is 2.91. The Morgan fingerprint density at radius 3 is 1.29 bits per heavy atom. The molecule has 34 heavy (non-hydrogen) atoms. The zero-order valence-corrected chi connectivity index (χ0v) is 20.7. The molecule has 182 valence electrons. The van der Waals surface area contributed by atoms with Crippen molar-refractivity contribution in [1.82, 2.24) is 0 Å². The van der Waals surface area contributed by atoms with Crippen molar-refractivity contribution < 1.29 is 14.2 Å². The molecule has 0 spiro atoms. The Hall–Kier alpha value is -2.46. The predicted molar refractivity (Wildman–Crippen MR) is 140 cm³/mol. The Kier molecular flexibility index (Phi) is 11.9. The van der Waals surface area contributed by atoms with Gasteiger partial charge in [0.15, 0.2) is 0 Å². The molecule has 0 radical (unpaired) electrons. The van der Waals surface area contributed by atoms with Crippen LogP contribution < -0.4 is 0 Å². The second-order valence-electron chi connectivity index (χ2n) is 8.77. The van der Waals surface area contributed by atoms with Gasteiger partial charge in [-0.25, -0.2) is 0 Å². The number of hydrogen-bond acceptors (Lipinski definition) is 3. The molecular formula is C31H40O3. The summed E-state index contributed by atoms with van der Waals surface area (Å²) in [4.78, 5) is 0. The van der Waals surface area contributed by atoms with Crippen molar-refractivity contribution in [2.75, 3.05) is 27.1 Å². The maximum Gasteiger partial charge on any atom is 0.146 e. The molecule has 0 bridgehead atoms. The summed E-state index contributed by atoms with van der Waals surface area (Å²) in [6.45, 7) is 1.94. The molecule has 0 saturated heterocycles. The zero-order chi connectivity index (χ0) is 23.7. The smallest absolute Gasteiger partial charge is 0.146 e. The number of unbranched alkanes of at least 4 members (excludes halogenated alkanes) is 7. The van der Waals surface area contributed by atoms with E-state index in [0.29, 0.717) is 6.79 Å². The third-order valence-corrected chi connectivity index (χ3v) is 6.24. The summed E-state index contributed by atoms with van der Waals surface area (Å²) in [5.41, 5.74) is 2.90. The van der Waals surface area contributed by atoms with Crippen LogP contribution in [0.15, 0.2) is 91.0 Å². The van der Waals surface area contributed by atoms with Crippen LogP contribution in [0.1, 0.15) is 68.1 Å². The van der Waals surface area contributed by atoms with Crippen LogP contribution in [0, 0.1) is 0 Å². The largest absolute Gasteiger partial charge is 0.361 e. The lowest BCUT2D eigenvalue weighted by atomic mass is 9.80. The molecule has 0 saturated carbocycles. The summed E-state index contributed by atoms with van der Waals surface area (Å²) in [5.74, 6) is 0. The quantitative estimate of drug-likeness (QED) is 0.117. The highest BCUT2D eigenvalue weighted by Crippen LogP contribution is 2.40. The Morgan fingerprint density at radius 1 is 0.500 bits per heavy atom. The maximum atomic E-state index is 6.86. The molecule has 3 heteroatoms. The van der Waals surface area contributed by atoms with Crippen LogP contribution in [0.3, 0.4) is 0 Å². The lowest BCUT2D eigenvalue weighted by Crippen LogP contribution is -2.33. The first-order valence-corrected chi connectivity index (χ1v) is 12.7. The van der Waals surface area contributed by atoms with Crippen LogP contribution in [0.25, 0.3) is 0 Å². The molecule has 0 N–H and O–H groups in total. The van der Waals surface area contributed by atoms with Gasteiger partial charge in [-0.2, -0.15) is 0 Å². The van der Waals surface area contributed by atoms with Crippen molar-refractivity contribution in [3.63, 3.8) is 0 Å². The lowest BCUT2D eigenvalue weighted by molar-refractivity contribution is -0.0315. The van der Waals surface area contributed by atoms with E-state index in [-0.39, 0.29) is 0 Å². The predicted octanol–water partition coefficient (Wildman–Crippen LogP) is 7.74. The van der Waals surface area contributed by atoms with Gasteiger partial charge in [0.2, 0.25) is 0 Å². The summed E-state index contributed by atoms with van der Waals surface area (Å²) < 4.78 is 17.1. The van der Waals surface area contributed by atoms with Crippen LogP contribution in [0.5, 0.6) is 0 Å². The van der Waals surface area contributed by atoms with Crippen molar-refractivity contribution in [3.05, 3.63) is 108 Å². The van der Waals surface area contributed by atoms with E-state index < -0.39 is 5.60 Å². The highest BCUT2D eigenvalue weighted by atomic mass is 16.7. The Balaban J connectivity index is 1.54. The average molecular weight is 461 g/mol. The van der Waals surface area contributed by atoms with Crippen molar-refractivity contribution in [2.24, 2.45) is 0 Å². The first-order valence-electron chi connectivity index (χ1n) is 12.7. The van der Waals surface area contributed by atoms with Gasteiger partial charge in [0.05, 0.1) is 0 Å². The molecule has 0 aromatic heterocycles. The summed E-state index contributed by atoms with van der Waals surface area (Å²) in [6, 6.07) is 31.9. The minimum Gasteiger partial charge on any atom is -0.361 e. The number of hydrogen-bond donors (Lipinski definition) is 0. The van der Waals surface area contributed by atoms with Gasteiger partial charge in [0.1, 0.15) is 12.4 Å². The minimum absolute atomic E-state index is 0.405. The van der Waals surface area contributed by atoms with E-state index in [0.717, 1.165) is 26.1 Å². The summed E-state index contributed by atoms with van der Waals surface area (Å²) >= 11 is 0. The van der Waals surface area contributed by atoms with E-state index in [1.165, 1.54) is 55.2 Å². The van der Waals surface area contributed by atoms with Crippen LogP contribution >= 0.6 is 0 Å². The first kappa shape index (κ1) is 26.2. The molecule has 3 rings (SSSR count). The van der Waals surface area contributed by atoms with Gasteiger partial charge in [-0.1, -0.05) is 130 Å². The molecule has 3 aromatic rings. The van der Waals surface area contributed by atoms with Crippen LogP contribution in [0.2, 0.25) is 0 Å². The molecule has 0 unspecified atom stereocenters. The minimum atomic E-state index is -0.603. The van der Waals surface area contributed by atoms with Gasteiger partial charge in [-0.15, -0.1) is 0 Å². The normalized spacial score (nSPS) is 11.6. The van der Waals surface area contributed by atoms with E-state index in [9.17, 15) is 0 Å². The van der Waals surface area contributed by atoms with E-state index in [1.807, 2.05) is 0 Å². The number of benzene rings is 3. The molecule has 3 nitrogen and oxygen atoms in total. The van der Waals surface area contributed by atoms with Crippen LogP contribution in [-0.4, -0.2) is 27.1 Å². The molecule has 0 amide bonds. The van der Waals surface area contributed by atoms with Crippen LogP contribution in [-0.2, 0) is 19.8 Å². The van der Waals surface area contributed by atoms with Gasteiger partial charge in [0, 0.05) is 20.3 Å². The van der Waals surface area contributed by atoms with Crippen molar-refractivity contribution in [1.29, 1.82) is 0 Å². The Morgan fingerprint density at radius 2 is 0.882 bits per heavy atom. The van der Waals surface area contributed by atoms with Gasteiger partial charge < -0.3 is 14.2 Å². The fourth-order valence-corrected chi connectivity index (χ4v) is 4.50. The van der Waals surface area contributed by atoms with Crippen molar-refractivity contribution >= 4 is 0 Å². The topological polar surface area (TPSA) is 27.7 Å². The molecule has 0 aliphatic heterocycles. The highest BCUT2D eigenvalue weighted by Gasteiger charge is 2.37. The third-order valence-electron chi connectivity index (χ3n) is 6.24. The molecular weight excluding hydrogens is 420 g/mol. The standard InChI is InChI=1S/C31H40O3/c1-32-27-33-25-17-6-4-2-3-5-7-18-26-34-31(28-19-11-8-12-20-28,29-21-13-9-14-22-29)30-23-15-10-16-24-30/h8-16,19-24H,2-7,17-18,25-27H2,1H3. The van der Waals surface area contributed by atoms with E-state index >= 15 is 0 Å². The lowest BCUT2D eigenvalue weighted by Gasteiger charge is -2.36. The first-order chi connectivity index (χ1) is 16.9. The molecule has 0 atom stereocenters. The zero-order valence-electron chi connectivity index (χ0n) is 20.7. The Labute approximate surface area is 206 Å². The van der Waals surface area contributed by atoms with E-state index in [1.54, 1.807) is 7.11 Å². The van der Waals surface area contributed by atoms with E-state index in [2.05, 4.69) is 91.0 Å². The summed E-state index contributed by atoms with van der Waals surface area (Å²) in [5, 5.41) is 0. The highest BCUT2D eigenvalue weighted by molar-refractivity contribution is 5.47. The summed E-state index contributed by atoms with van der Waals surface area (Å²) in [6.07, 6.45) is 9.76. The maximum absolute atomic E-state index is 6.86. The van der Waals surface area contributed by atoms with Gasteiger partial charge in [-0.05, 0) is 29.5 Å². The fraction of sp³-hybridized carbons (Fsp3) is 0.419. The van der Waals surface area contributed by atoms with E-state index in [4.69, 9.17) is 14.2 Å². The monoisotopic (exact) mass is 460 g/mol. The molecule has 0 fully saturated rings. The summed E-state index contributed by atoms with van der Waals surface area (Å²) in [7, 11) is 1.66. The molecule has 0 aliphatic carbocycles. The van der Waals surface area contributed by atoms with Crippen molar-refractivity contribution in [3.8, 4) is 0 Å². The van der Waals surface area contributed by atoms with Gasteiger partial charge in [0.25, 0.3) is 0 Å². The molecule has 0 aliphatic rings. The van der Waals surface area contributed by atoms with Crippen LogP contribution in [0.4, 0.5) is 0 Å². The molecule has 0 heterocycles. The number of methoxy groups -OCH3 is 1. The SMILES string of the molecule is COCOCCCCCCCCCCOC(c1ccccc1)(c1ccccc1)c1ccccc1. The van der Waals surface area contributed by atoms with Gasteiger partial charge >= 0.3 is 0 Å². The second-order valence-corrected chi connectivity index (χ2v) is 8.77. The van der Waals surface area contributed by atoms with Crippen molar-refractivity contribution in [2.45, 2.75) is 57.0 Å². The Bertz CT molecular complexity index is 784. The third kappa shape index (κ3) is 7.80. The second kappa shape index (κ2) is 15.4. The van der Waals surface area contributed by atoms with Gasteiger partial charge in [-0.3, -0.25) is 0 Å². The number of rotatable bonds is 17. The number of ether oxygens (including phenoxy) is 3. The fourth-order valence-electron chi connectivity index (χ4n) is 4.50. The molecule has 3 aromatic carbocycles.